The fourth-order valence-corrected chi connectivity index (χ4v) is 3.60. The van der Waals surface area contributed by atoms with Crippen LogP contribution in [0.3, 0.4) is 0 Å². The lowest BCUT2D eigenvalue weighted by atomic mass is 9.62. The van der Waals surface area contributed by atoms with E-state index in [1.165, 1.54) is 12.7 Å². The molecule has 0 atom stereocenters. The number of methoxy groups -OCH3 is 1. The van der Waals surface area contributed by atoms with E-state index in [1.54, 1.807) is 0 Å². The van der Waals surface area contributed by atoms with E-state index in [-0.39, 0.29) is 11.4 Å². The van der Waals surface area contributed by atoms with Crippen molar-refractivity contribution in [3.63, 3.8) is 0 Å². The van der Waals surface area contributed by atoms with Gasteiger partial charge in [0.05, 0.1) is 12.5 Å². The molecule has 1 aliphatic heterocycles. The van der Waals surface area contributed by atoms with Crippen molar-refractivity contribution in [1.29, 1.82) is 0 Å². The molecule has 5 heteroatoms. The van der Waals surface area contributed by atoms with Crippen LogP contribution in [0.15, 0.2) is 34.5 Å². The zero-order valence-electron chi connectivity index (χ0n) is 12.1. The summed E-state index contributed by atoms with van der Waals surface area (Å²) in [7, 11) is 1.49. The van der Waals surface area contributed by atoms with Gasteiger partial charge in [-0.15, -0.1) is 0 Å². The van der Waals surface area contributed by atoms with Gasteiger partial charge in [-0.05, 0) is 47.3 Å². The summed E-state index contributed by atoms with van der Waals surface area (Å²) in [5.41, 5.74) is 0.929. The molecule has 0 spiro atoms. The molecule has 0 radical (unpaired) electrons. The molecule has 3 rings (SSSR count). The van der Waals surface area contributed by atoms with Crippen molar-refractivity contribution >= 4 is 27.7 Å². The summed E-state index contributed by atoms with van der Waals surface area (Å²) in [6.45, 7) is 1.70. The molecule has 0 N–H and O–H groups in total. The first-order valence-corrected chi connectivity index (χ1v) is 8.10. The van der Waals surface area contributed by atoms with Crippen LogP contribution in [0, 0.1) is 5.41 Å². The topological polar surface area (TPSA) is 42.4 Å². The molecule has 112 valence electrons. The molecule has 0 amide bonds. The highest BCUT2D eigenvalue weighted by Gasteiger charge is 2.48. The van der Waals surface area contributed by atoms with Crippen molar-refractivity contribution in [1.82, 2.24) is 4.98 Å². The van der Waals surface area contributed by atoms with Gasteiger partial charge in [-0.25, -0.2) is 4.98 Å². The Balaban J connectivity index is 1.76. The third-order valence-corrected chi connectivity index (χ3v) is 5.07. The van der Waals surface area contributed by atoms with Crippen molar-refractivity contribution in [2.45, 2.75) is 25.7 Å². The molecule has 1 aromatic rings. The maximum atomic E-state index is 12.1. The van der Waals surface area contributed by atoms with E-state index < -0.39 is 0 Å². The predicted octanol–water partition coefficient (Wildman–Crippen LogP) is 3.32. The average molecular weight is 351 g/mol. The van der Waals surface area contributed by atoms with E-state index in [1.807, 2.05) is 18.2 Å². The number of carbonyl (C=O) groups excluding carboxylic acids is 1. The Hall–Kier alpha value is -1.36. The van der Waals surface area contributed by atoms with Crippen LogP contribution in [0.2, 0.25) is 0 Å². The average Bonchev–Trinajstić information content (AvgIpc) is 2.46. The van der Waals surface area contributed by atoms with Gasteiger partial charge in [0.1, 0.15) is 10.4 Å². The number of halogens is 1. The molecule has 1 saturated carbocycles. The standard InChI is InChI=1S/C16H19BrN2O2/c1-21-15(20)16(8-3-9-16)12-6-10-19(11-7-12)14-5-2-4-13(17)18-14/h2,4-6H,3,7-11H2,1H3. The molecule has 1 fully saturated rings. The van der Waals surface area contributed by atoms with Gasteiger partial charge in [-0.2, -0.15) is 0 Å². The summed E-state index contributed by atoms with van der Waals surface area (Å²) in [5, 5.41) is 0. The largest absolute Gasteiger partial charge is 0.468 e. The Morgan fingerprint density at radius 3 is 2.76 bits per heavy atom. The first-order valence-electron chi connectivity index (χ1n) is 7.31. The van der Waals surface area contributed by atoms with Crippen LogP contribution in [0.1, 0.15) is 25.7 Å². The molecular weight excluding hydrogens is 332 g/mol. The molecule has 2 aliphatic rings. The Kier molecular flexibility index (Phi) is 4.02. The van der Waals surface area contributed by atoms with Gasteiger partial charge in [-0.1, -0.05) is 24.1 Å². The number of anilines is 1. The number of hydrogen-bond acceptors (Lipinski definition) is 4. The highest BCUT2D eigenvalue weighted by molar-refractivity contribution is 9.10. The van der Waals surface area contributed by atoms with Crippen LogP contribution in [-0.4, -0.2) is 31.2 Å². The summed E-state index contributed by atoms with van der Waals surface area (Å²) in [6.07, 6.45) is 6.08. The minimum absolute atomic E-state index is 0.0611. The molecule has 1 aromatic heterocycles. The van der Waals surface area contributed by atoms with Gasteiger partial charge in [0.15, 0.2) is 0 Å². The normalized spacial score (nSPS) is 20.5. The van der Waals surface area contributed by atoms with Crippen LogP contribution in [0.5, 0.6) is 0 Å². The number of pyridine rings is 1. The second kappa shape index (κ2) is 5.79. The van der Waals surface area contributed by atoms with Crippen LogP contribution < -0.4 is 4.90 Å². The molecule has 2 heterocycles. The van der Waals surface area contributed by atoms with Crippen LogP contribution in [0.25, 0.3) is 0 Å². The van der Waals surface area contributed by atoms with Crippen molar-refractivity contribution < 1.29 is 9.53 Å². The molecule has 21 heavy (non-hydrogen) atoms. The van der Waals surface area contributed by atoms with Crippen LogP contribution in [-0.2, 0) is 9.53 Å². The summed E-state index contributed by atoms with van der Waals surface area (Å²) in [6, 6.07) is 5.94. The fraction of sp³-hybridized carbons (Fsp3) is 0.500. The Morgan fingerprint density at radius 1 is 1.43 bits per heavy atom. The zero-order valence-corrected chi connectivity index (χ0v) is 13.7. The molecule has 1 aliphatic carbocycles. The fourth-order valence-electron chi connectivity index (χ4n) is 3.27. The third-order valence-electron chi connectivity index (χ3n) is 4.63. The van der Waals surface area contributed by atoms with Crippen LogP contribution >= 0.6 is 15.9 Å². The highest BCUT2D eigenvalue weighted by atomic mass is 79.9. The minimum atomic E-state index is -0.328. The summed E-state index contributed by atoms with van der Waals surface area (Å²) in [5.74, 6) is 0.912. The quantitative estimate of drug-likeness (QED) is 0.476. The molecule has 0 bridgehead atoms. The predicted molar refractivity (Wildman–Crippen MR) is 85.2 cm³/mol. The lowest BCUT2D eigenvalue weighted by Gasteiger charge is -2.43. The number of carbonyl (C=O) groups is 1. The second-order valence-corrected chi connectivity index (χ2v) is 6.48. The van der Waals surface area contributed by atoms with Gasteiger partial charge in [0.2, 0.25) is 0 Å². The second-order valence-electron chi connectivity index (χ2n) is 5.67. The Morgan fingerprint density at radius 2 is 2.24 bits per heavy atom. The lowest BCUT2D eigenvalue weighted by molar-refractivity contribution is -0.155. The molecular formula is C16H19BrN2O2. The summed E-state index contributed by atoms with van der Waals surface area (Å²) >= 11 is 3.41. The maximum Gasteiger partial charge on any atom is 0.315 e. The van der Waals surface area contributed by atoms with E-state index in [0.29, 0.717) is 0 Å². The number of ether oxygens (including phenoxy) is 1. The monoisotopic (exact) mass is 350 g/mol. The number of nitrogens with zero attached hydrogens (tertiary/aromatic N) is 2. The highest BCUT2D eigenvalue weighted by Crippen LogP contribution is 2.49. The van der Waals surface area contributed by atoms with Crippen molar-refractivity contribution in [2.75, 3.05) is 25.1 Å². The van der Waals surface area contributed by atoms with E-state index in [9.17, 15) is 4.79 Å². The Bertz CT molecular complexity index is 581. The molecule has 0 unspecified atom stereocenters. The number of aromatic nitrogens is 1. The van der Waals surface area contributed by atoms with Crippen molar-refractivity contribution in [2.24, 2.45) is 5.41 Å². The van der Waals surface area contributed by atoms with Crippen molar-refractivity contribution in [3.05, 3.63) is 34.5 Å². The van der Waals surface area contributed by atoms with Gasteiger partial charge < -0.3 is 9.64 Å². The third kappa shape index (κ3) is 2.59. The van der Waals surface area contributed by atoms with Gasteiger partial charge in [-0.3, -0.25) is 4.79 Å². The minimum Gasteiger partial charge on any atom is -0.468 e. The number of esters is 1. The first-order chi connectivity index (χ1) is 10.2. The lowest BCUT2D eigenvalue weighted by Crippen LogP contribution is -2.43. The zero-order chi connectivity index (χ0) is 14.9. The number of rotatable bonds is 3. The Labute approximate surface area is 133 Å². The summed E-state index contributed by atoms with van der Waals surface area (Å²) < 4.78 is 5.87. The number of hydrogen-bond donors (Lipinski definition) is 0. The van der Waals surface area contributed by atoms with Crippen molar-refractivity contribution in [3.8, 4) is 0 Å². The smallest absolute Gasteiger partial charge is 0.315 e. The maximum absolute atomic E-state index is 12.1. The van der Waals surface area contributed by atoms with Gasteiger partial charge >= 0.3 is 5.97 Å². The summed E-state index contributed by atoms with van der Waals surface area (Å²) in [4.78, 5) is 18.8. The molecule has 0 saturated heterocycles. The van der Waals surface area contributed by atoms with E-state index in [0.717, 1.165) is 49.2 Å². The first kappa shape index (κ1) is 14.6. The van der Waals surface area contributed by atoms with Crippen LogP contribution in [0.4, 0.5) is 5.82 Å². The van der Waals surface area contributed by atoms with E-state index >= 15 is 0 Å². The SMILES string of the molecule is COC(=O)C1(C2=CCN(c3cccc(Br)n3)CC2)CCC1. The van der Waals surface area contributed by atoms with Gasteiger partial charge in [0.25, 0.3) is 0 Å². The van der Waals surface area contributed by atoms with Gasteiger partial charge in [0, 0.05) is 13.1 Å². The molecule has 4 nitrogen and oxygen atoms in total. The van der Waals surface area contributed by atoms with E-state index in [2.05, 4.69) is 31.9 Å². The van der Waals surface area contributed by atoms with E-state index in [4.69, 9.17) is 4.74 Å². The molecule has 0 aromatic carbocycles.